The van der Waals surface area contributed by atoms with Gasteiger partial charge in [0.25, 0.3) is 0 Å². The van der Waals surface area contributed by atoms with Crippen molar-refractivity contribution in [1.29, 1.82) is 0 Å². The van der Waals surface area contributed by atoms with Crippen LogP contribution >= 0.6 is 0 Å². The summed E-state index contributed by atoms with van der Waals surface area (Å²) in [4.78, 5) is 14.9. The summed E-state index contributed by atoms with van der Waals surface area (Å²) in [6.45, 7) is 3.18. The molecule has 0 unspecified atom stereocenters. The van der Waals surface area contributed by atoms with Gasteiger partial charge in [0.05, 0.1) is 14.2 Å². The molecule has 1 amide bonds. The van der Waals surface area contributed by atoms with Crippen LogP contribution in [0.25, 0.3) is 0 Å². The van der Waals surface area contributed by atoms with Gasteiger partial charge in [0.1, 0.15) is 0 Å². The number of nitrogens with zero attached hydrogens (tertiary/aromatic N) is 1. The average Bonchev–Trinajstić information content (AvgIpc) is 2.90. The molecule has 34 heavy (non-hydrogen) atoms. The molecule has 3 aromatic carbocycles. The molecule has 0 bridgehead atoms. The van der Waals surface area contributed by atoms with E-state index < -0.39 is 0 Å². The van der Waals surface area contributed by atoms with E-state index in [2.05, 4.69) is 70.9 Å². The van der Waals surface area contributed by atoms with Crippen molar-refractivity contribution in [2.75, 3.05) is 33.9 Å². The predicted octanol–water partition coefficient (Wildman–Crippen LogP) is 4.79. The molecule has 3 aromatic rings. The Morgan fingerprint density at radius 1 is 0.912 bits per heavy atom. The van der Waals surface area contributed by atoms with Crippen LogP contribution < -0.4 is 14.8 Å². The Labute approximate surface area is 202 Å². The molecule has 5 nitrogen and oxygen atoms in total. The second kappa shape index (κ2) is 11.7. The summed E-state index contributed by atoms with van der Waals surface area (Å²) in [7, 11) is 3.33. The molecule has 0 saturated heterocycles. The molecule has 5 heteroatoms. The first kappa shape index (κ1) is 23.8. The van der Waals surface area contributed by atoms with Crippen molar-refractivity contribution >= 4 is 5.91 Å². The number of nitrogens with one attached hydrogen (secondary N) is 1. The van der Waals surface area contributed by atoms with Crippen molar-refractivity contribution in [3.05, 3.63) is 95.1 Å². The Hall–Kier alpha value is -3.31. The van der Waals surface area contributed by atoms with E-state index >= 15 is 0 Å². The normalized spacial score (nSPS) is 13.4. The minimum atomic E-state index is 0.109. The highest BCUT2D eigenvalue weighted by Crippen LogP contribution is 2.33. The van der Waals surface area contributed by atoms with Crippen LogP contribution in [0.15, 0.2) is 72.8 Å². The fourth-order valence-electron chi connectivity index (χ4n) is 4.73. The standard InChI is InChI=1S/C29H34N2O3/c1-33-27-19-24-14-17-31(21-25(24)20-28(27)34-2)18-15-29(32)30-16-13-26(22-9-5-3-6-10-22)23-11-7-4-8-12-23/h3-12,19-20,26H,13-18,21H2,1-2H3,(H,30,32). The van der Waals surface area contributed by atoms with Gasteiger partial charge in [-0.1, -0.05) is 60.7 Å². The maximum absolute atomic E-state index is 12.6. The van der Waals surface area contributed by atoms with Crippen LogP contribution in [0.5, 0.6) is 11.5 Å². The quantitative estimate of drug-likeness (QED) is 0.475. The molecule has 1 aliphatic rings. The molecule has 0 aromatic heterocycles. The smallest absolute Gasteiger partial charge is 0.221 e. The molecular formula is C29H34N2O3. The van der Waals surface area contributed by atoms with Gasteiger partial charge >= 0.3 is 0 Å². The Bertz CT molecular complexity index is 1030. The minimum Gasteiger partial charge on any atom is -0.493 e. The third kappa shape index (κ3) is 5.97. The molecule has 0 atom stereocenters. The molecule has 0 spiro atoms. The lowest BCUT2D eigenvalue weighted by Gasteiger charge is -2.29. The number of carbonyl (C=O) groups excluding carboxylic acids is 1. The Morgan fingerprint density at radius 2 is 1.50 bits per heavy atom. The van der Waals surface area contributed by atoms with Crippen LogP contribution in [-0.2, 0) is 17.8 Å². The number of rotatable bonds is 10. The second-order valence-electron chi connectivity index (χ2n) is 8.76. The zero-order chi connectivity index (χ0) is 23.8. The van der Waals surface area contributed by atoms with Crippen molar-refractivity contribution in [1.82, 2.24) is 10.2 Å². The van der Waals surface area contributed by atoms with E-state index in [1.165, 1.54) is 22.3 Å². The maximum Gasteiger partial charge on any atom is 0.221 e. The van der Waals surface area contributed by atoms with Crippen molar-refractivity contribution < 1.29 is 14.3 Å². The van der Waals surface area contributed by atoms with Gasteiger partial charge in [-0.25, -0.2) is 0 Å². The first-order chi connectivity index (χ1) is 16.7. The van der Waals surface area contributed by atoms with Crippen molar-refractivity contribution in [3.63, 3.8) is 0 Å². The summed E-state index contributed by atoms with van der Waals surface area (Å²) in [5, 5.41) is 3.14. The number of hydrogen-bond acceptors (Lipinski definition) is 4. The average molecular weight is 459 g/mol. The molecule has 1 heterocycles. The van der Waals surface area contributed by atoms with Gasteiger partial charge in [0.15, 0.2) is 11.5 Å². The first-order valence-electron chi connectivity index (χ1n) is 12.0. The monoisotopic (exact) mass is 458 g/mol. The highest BCUT2D eigenvalue weighted by Gasteiger charge is 2.20. The molecule has 0 fully saturated rings. The van der Waals surface area contributed by atoms with Gasteiger partial charge in [-0.2, -0.15) is 0 Å². The number of fused-ring (bicyclic) bond motifs is 1. The lowest BCUT2D eigenvalue weighted by Crippen LogP contribution is -2.35. The van der Waals surface area contributed by atoms with Crippen LogP contribution in [0.4, 0.5) is 0 Å². The van der Waals surface area contributed by atoms with E-state index in [4.69, 9.17) is 9.47 Å². The van der Waals surface area contributed by atoms with Crippen LogP contribution in [0.2, 0.25) is 0 Å². The Balaban J connectivity index is 1.27. The fraction of sp³-hybridized carbons (Fsp3) is 0.345. The summed E-state index contributed by atoms with van der Waals surface area (Å²) in [6.07, 6.45) is 2.33. The third-order valence-electron chi connectivity index (χ3n) is 6.61. The van der Waals surface area contributed by atoms with Gasteiger partial charge in [0.2, 0.25) is 5.91 Å². The van der Waals surface area contributed by atoms with E-state index in [9.17, 15) is 4.79 Å². The number of methoxy groups -OCH3 is 2. The first-order valence-corrected chi connectivity index (χ1v) is 12.0. The van der Waals surface area contributed by atoms with Crippen molar-refractivity contribution in [2.45, 2.75) is 31.7 Å². The maximum atomic E-state index is 12.6. The number of benzene rings is 3. The summed E-state index contributed by atoms with van der Waals surface area (Å²) in [5.74, 6) is 1.91. The van der Waals surface area contributed by atoms with Crippen LogP contribution in [0.1, 0.15) is 41.0 Å². The predicted molar refractivity (Wildman–Crippen MR) is 135 cm³/mol. The number of hydrogen-bond donors (Lipinski definition) is 1. The Morgan fingerprint density at radius 3 is 2.09 bits per heavy atom. The minimum absolute atomic E-state index is 0.109. The van der Waals surface area contributed by atoms with E-state index in [0.717, 1.165) is 44.0 Å². The molecule has 0 aliphatic carbocycles. The fourth-order valence-corrected chi connectivity index (χ4v) is 4.73. The van der Waals surface area contributed by atoms with E-state index in [0.29, 0.717) is 13.0 Å². The Kier molecular flexibility index (Phi) is 8.21. The number of carbonyl (C=O) groups is 1. The van der Waals surface area contributed by atoms with E-state index in [-0.39, 0.29) is 11.8 Å². The molecule has 1 N–H and O–H groups in total. The molecule has 178 valence electrons. The molecule has 0 saturated carbocycles. The highest BCUT2D eigenvalue weighted by atomic mass is 16.5. The van der Waals surface area contributed by atoms with Gasteiger partial charge in [-0.3, -0.25) is 9.69 Å². The topological polar surface area (TPSA) is 50.8 Å². The van der Waals surface area contributed by atoms with Crippen LogP contribution in [-0.4, -0.2) is 44.7 Å². The van der Waals surface area contributed by atoms with Gasteiger partial charge in [-0.15, -0.1) is 0 Å². The van der Waals surface area contributed by atoms with Crippen LogP contribution in [0.3, 0.4) is 0 Å². The zero-order valence-electron chi connectivity index (χ0n) is 20.1. The zero-order valence-corrected chi connectivity index (χ0v) is 20.1. The number of amides is 1. The van der Waals surface area contributed by atoms with Gasteiger partial charge in [0, 0.05) is 38.5 Å². The van der Waals surface area contributed by atoms with Crippen LogP contribution in [0, 0.1) is 0 Å². The SMILES string of the molecule is COc1cc2c(cc1OC)CN(CCC(=O)NCCC(c1ccccc1)c1ccccc1)CC2. The summed E-state index contributed by atoms with van der Waals surface area (Å²) < 4.78 is 10.9. The number of ether oxygens (including phenoxy) is 2. The second-order valence-corrected chi connectivity index (χ2v) is 8.76. The van der Waals surface area contributed by atoms with E-state index in [1.807, 2.05) is 12.1 Å². The lowest BCUT2D eigenvalue weighted by molar-refractivity contribution is -0.121. The largest absolute Gasteiger partial charge is 0.493 e. The molecule has 0 radical (unpaired) electrons. The highest BCUT2D eigenvalue weighted by molar-refractivity contribution is 5.76. The van der Waals surface area contributed by atoms with Crippen molar-refractivity contribution in [2.24, 2.45) is 0 Å². The molecule has 4 rings (SSSR count). The van der Waals surface area contributed by atoms with Crippen molar-refractivity contribution in [3.8, 4) is 11.5 Å². The molecular weight excluding hydrogens is 424 g/mol. The van der Waals surface area contributed by atoms with E-state index in [1.54, 1.807) is 14.2 Å². The third-order valence-corrected chi connectivity index (χ3v) is 6.61. The lowest BCUT2D eigenvalue weighted by atomic mass is 9.88. The van der Waals surface area contributed by atoms with Gasteiger partial charge < -0.3 is 14.8 Å². The summed E-state index contributed by atoms with van der Waals surface area (Å²) in [5.41, 5.74) is 5.10. The van der Waals surface area contributed by atoms with Gasteiger partial charge in [-0.05, 0) is 47.2 Å². The summed E-state index contributed by atoms with van der Waals surface area (Å²) in [6, 6.07) is 25.2. The molecule has 1 aliphatic heterocycles. The summed E-state index contributed by atoms with van der Waals surface area (Å²) >= 11 is 0.